The normalized spacial score (nSPS) is 10.6. The Labute approximate surface area is 80.6 Å². The van der Waals surface area contributed by atoms with Crippen LogP contribution in [0.15, 0.2) is 18.5 Å². The zero-order valence-corrected chi connectivity index (χ0v) is 7.84. The van der Waals surface area contributed by atoms with E-state index >= 15 is 0 Å². The van der Waals surface area contributed by atoms with E-state index in [0.717, 1.165) is 16.3 Å². The quantitative estimate of drug-likeness (QED) is 0.653. The maximum atomic E-state index is 5.74. The summed E-state index contributed by atoms with van der Waals surface area (Å²) >= 11 is 5.74. The largest absolute Gasteiger partial charge is 0.383 e. The number of nitrogens with zero attached hydrogens (tertiary/aromatic N) is 2. The van der Waals surface area contributed by atoms with E-state index in [1.54, 1.807) is 18.5 Å². The standard InChI is InChI=1S/C9H8ClN3/c1-5-7-4-12-8(10)2-6(7)3-13-9(5)11/h2-4H,1H3,(H2,11,13). The molecule has 2 N–H and O–H groups in total. The van der Waals surface area contributed by atoms with Crippen molar-refractivity contribution in [1.29, 1.82) is 0 Å². The first-order valence-electron chi connectivity index (χ1n) is 3.85. The molecule has 2 aromatic rings. The Balaban J connectivity index is 2.87. The SMILES string of the molecule is Cc1c(N)ncc2cc(Cl)ncc12. The lowest BCUT2D eigenvalue weighted by molar-refractivity contribution is 1.29. The maximum absolute atomic E-state index is 5.74. The summed E-state index contributed by atoms with van der Waals surface area (Å²) in [5.41, 5.74) is 6.60. The predicted molar refractivity (Wildman–Crippen MR) is 53.7 cm³/mol. The highest BCUT2D eigenvalue weighted by atomic mass is 35.5. The van der Waals surface area contributed by atoms with E-state index in [1.165, 1.54) is 0 Å². The average molecular weight is 194 g/mol. The molecule has 0 aliphatic heterocycles. The molecule has 0 aromatic carbocycles. The Morgan fingerprint density at radius 1 is 1.31 bits per heavy atom. The van der Waals surface area contributed by atoms with Crippen molar-refractivity contribution in [3.05, 3.63) is 29.2 Å². The lowest BCUT2D eigenvalue weighted by atomic mass is 10.1. The third kappa shape index (κ3) is 1.31. The van der Waals surface area contributed by atoms with Gasteiger partial charge < -0.3 is 5.73 Å². The molecule has 0 radical (unpaired) electrons. The van der Waals surface area contributed by atoms with Crippen LogP contribution in [-0.2, 0) is 0 Å². The van der Waals surface area contributed by atoms with Crippen molar-refractivity contribution in [2.75, 3.05) is 5.73 Å². The van der Waals surface area contributed by atoms with Gasteiger partial charge in [0, 0.05) is 28.7 Å². The molecule has 66 valence electrons. The van der Waals surface area contributed by atoms with Crippen LogP contribution < -0.4 is 5.73 Å². The second-order valence-corrected chi connectivity index (χ2v) is 3.25. The van der Waals surface area contributed by atoms with Crippen LogP contribution >= 0.6 is 11.6 Å². The van der Waals surface area contributed by atoms with E-state index in [0.29, 0.717) is 11.0 Å². The van der Waals surface area contributed by atoms with Gasteiger partial charge in [0.05, 0.1) is 0 Å². The van der Waals surface area contributed by atoms with Crippen molar-refractivity contribution < 1.29 is 0 Å². The highest BCUT2D eigenvalue weighted by Crippen LogP contribution is 2.22. The van der Waals surface area contributed by atoms with Gasteiger partial charge >= 0.3 is 0 Å². The third-order valence-corrected chi connectivity index (χ3v) is 2.24. The van der Waals surface area contributed by atoms with E-state index < -0.39 is 0 Å². The summed E-state index contributed by atoms with van der Waals surface area (Å²) in [6, 6.07) is 1.77. The van der Waals surface area contributed by atoms with Crippen molar-refractivity contribution >= 4 is 28.2 Å². The fourth-order valence-electron chi connectivity index (χ4n) is 1.24. The Bertz CT molecular complexity index is 468. The smallest absolute Gasteiger partial charge is 0.129 e. The van der Waals surface area contributed by atoms with E-state index in [1.807, 2.05) is 6.92 Å². The Hall–Kier alpha value is -1.35. The van der Waals surface area contributed by atoms with Crippen LogP contribution in [0, 0.1) is 6.92 Å². The van der Waals surface area contributed by atoms with Crippen LogP contribution in [0.4, 0.5) is 5.82 Å². The molecule has 13 heavy (non-hydrogen) atoms. The monoisotopic (exact) mass is 193 g/mol. The van der Waals surface area contributed by atoms with Gasteiger partial charge in [-0.3, -0.25) is 0 Å². The van der Waals surface area contributed by atoms with Gasteiger partial charge in [0.1, 0.15) is 11.0 Å². The molecule has 0 aliphatic rings. The minimum Gasteiger partial charge on any atom is -0.383 e. The number of aryl methyl sites for hydroxylation is 1. The summed E-state index contributed by atoms with van der Waals surface area (Å²) in [6.45, 7) is 1.92. The van der Waals surface area contributed by atoms with Crippen molar-refractivity contribution in [3.63, 3.8) is 0 Å². The molecule has 2 heterocycles. The number of fused-ring (bicyclic) bond motifs is 1. The molecule has 0 atom stereocenters. The molecule has 0 aliphatic carbocycles. The molecule has 2 rings (SSSR count). The summed E-state index contributed by atoms with van der Waals surface area (Å²) < 4.78 is 0. The fourth-order valence-corrected chi connectivity index (χ4v) is 1.40. The molecule has 0 fully saturated rings. The van der Waals surface area contributed by atoms with Gasteiger partial charge in [-0.05, 0) is 13.0 Å². The van der Waals surface area contributed by atoms with Gasteiger partial charge in [0.2, 0.25) is 0 Å². The lowest BCUT2D eigenvalue weighted by Gasteiger charge is -2.03. The van der Waals surface area contributed by atoms with Crippen molar-refractivity contribution in [2.24, 2.45) is 0 Å². The molecular weight excluding hydrogens is 186 g/mol. The van der Waals surface area contributed by atoms with Gasteiger partial charge in [0.25, 0.3) is 0 Å². The topological polar surface area (TPSA) is 51.8 Å². The molecule has 0 unspecified atom stereocenters. The fraction of sp³-hybridized carbons (Fsp3) is 0.111. The average Bonchev–Trinajstić information content (AvgIpc) is 2.12. The molecule has 3 nitrogen and oxygen atoms in total. The van der Waals surface area contributed by atoms with Crippen LogP contribution in [-0.4, -0.2) is 9.97 Å². The highest BCUT2D eigenvalue weighted by molar-refractivity contribution is 6.30. The molecule has 4 heteroatoms. The number of nitrogen functional groups attached to an aromatic ring is 1. The van der Waals surface area contributed by atoms with Crippen LogP contribution in [0.1, 0.15) is 5.56 Å². The van der Waals surface area contributed by atoms with Crippen LogP contribution in [0.3, 0.4) is 0 Å². The summed E-state index contributed by atoms with van der Waals surface area (Å²) in [5.74, 6) is 0.539. The van der Waals surface area contributed by atoms with E-state index in [9.17, 15) is 0 Å². The highest BCUT2D eigenvalue weighted by Gasteiger charge is 2.02. The molecule has 0 bridgehead atoms. The second-order valence-electron chi connectivity index (χ2n) is 2.86. The van der Waals surface area contributed by atoms with Gasteiger partial charge in [-0.2, -0.15) is 0 Å². The third-order valence-electron chi connectivity index (χ3n) is 2.03. The Morgan fingerprint density at radius 3 is 2.85 bits per heavy atom. The number of nitrogens with two attached hydrogens (primary N) is 1. The molecule has 0 saturated heterocycles. The number of hydrogen-bond acceptors (Lipinski definition) is 3. The van der Waals surface area contributed by atoms with Crippen molar-refractivity contribution in [2.45, 2.75) is 6.92 Å². The number of halogens is 1. The Morgan fingerprint density at radius 2 is 2.08 bits per heavy atom. The zero-order valence-electron chi connectivity index (χ0n) is 7.08. The summed E-state index contributed by atoms with van der Waals surface area (Å²) in [6.07, 6.45) is 3.41. The van der Waals surface area contributed by atoms with Gasteiger partial charge in [-0.15, -0.1) is 0 Å². The number of aromatic nitrogens is 2. The molecule has 0 amide bonds. The number of anilines is 1. The number of rotatable bonds is 0. The molecule has 0 saturated carbocycles. The molecule has 0 spiro atoms. The minimum atomic E-state index is 0.471. The number of pyridine rings is 2. The lowest BCUT2D eigenvalue weighted by Crippen LogP contribution is -1.94. The van der Waals surface area contributed by atoms with E-state index in [4.69, 9.17) is 17.3 Å². The number of hydrogen-bond donors (Lipinski definition) is 1. The minimum absolute atomic E-state index is 0.471. The van der Waals surface area contributed by atoms with Crippen molar-refractivity contribution in [3.8, 4) is 0 Å². The summed E-state index contributed by atoms with van der Waals surface area (Å²) in [4.78, 5) is 8.03. The molecular formula is C9H8ClN3. The Kier molecular flexibility index (Phi) is 1.81. The van der Waals surface area contributed by atoms with Crippen LogP contribution in [0.2, 0.25) is 5.15 Å². The first-order valence-corrected chi connectivity index (χ1v) is 4.22. The van der Waals surface area contributed by atoms with Crippen LogP contribution in [0.25, 0.3) is 10.8 Å². The van der Waals surface area contributed by atoms with Gasteiger partial charge in [-0.25, -0.2) is 9.97 Å². The first kappa shape index (κ1) is 8.26. The molecule has 2 aromatic heterocycles. The van der Waals surface area contributed by atoms with Crippen LogP contribution in [0.5, 0.6) is 0 Å². The summed E-state index contributed by atoms with van der Waals surface area (Å²) in [5, 5.41) is 2.43. The first-order chi connectivity index (χ1) is 6.18. The van der Waals surface area contributed by atoms with Crippen molar-refractivity contribution in [1.82, 2.24) is 9.97 Å². The predicted octanol–water partition coefficient (Wildman–Crippen LogP) is 2.17. The van der Waals surface area contributed by atoms with E-state index in [2.05, 4.69) is 9.97 Å². The second kappa shape index (κ2) is 2.85. The zero-order chi connectivity index (χ0) is 9.42. The summed E-state index contributed by atoms with van der Waals surface area (Å²) in [7, 11) is 0. The van der Waals surface area contributed by atoms with E-state index in [-0.39, 0.29) is 0 Å². The van der Waals surface area contributed by atoms with Gasteiger partial charge in [0.15, 0.2) is 0 Å². The van der Waals surface area contributed by atoms with Gasteiger partial charge in [-0.1, -0.05) is 11.6 Å². The maximum Gasteiger partial charge on any atom is 0.129 e.